The third-order valence-corrected chi connectivity index (χ3v) is 6.38. The SMILES string of the molecule is CCc1ccc(OCc2nnc(SCC(=O)Nc3ccc(Br)cc3C(C)C)n2C)cc1. The van der Waals surface area contributed by atoms with Gasteiger partial charge in [0.2, 0.25) is 5.91 Å². The average Bonchev–Trinajstić information content (AvgIpc) is 3.11. The molecule has 0 saturated carbocycles. The van der Waals surface area contributed by atoms with Crippen molar-refractivity contribution in [1.29, 1.82) is 0 Å². The first-order chi connectivity index (χ1) is 14.9. The molecule has 0 bridgehead atoms. The normalized spacial score (nSPS) is 11.0. The zero-order valence-corrected chi connectivity index (χ0v) is 20.6. The van der Waals surface area contributed by atoms with Gasteiger partial charge in [0.25, 0.3) is 0 Å². The molecule has 0 aliphatic rings. The number of thioether (sulfide) groups is 1. The van der Waals surface area contributed by atoms with Gasteiger partial charge >= 0.3 is 0 Å². The number of benzene rings is 2. The summed E-state index contributed by atoms with van der Waals surface area (Å²) in [6.07, 6.45) is 0.998. The summed E-state index contributed by atoms with van der Waals surface area (Å²) in [7, 11) is 1.88. The van der Waals surface area contributed by atoms with Crippen LogP contribution in [0.15, 0.2) is 52.1 Å². The fourth-order valence-electron chi connectivity index (χ4n) is 3.01. The van der Waals surface area contributed by atoms with Crippen LogP contribution in [-0.2, 0) is 24.9 Å². The van der Waals surface area contributed by atoms with E-state index in [9.17, 15) is 4.79 Å². The van der Waals surface area contributed by atoms with Gasteiger partial charge in [-0.2, -0.15) is 0 Å². The Balaban J connectivity index is 1.55. The van der Waals surface area contributed by atoms with Gasteiger partial charge in [-0.05, 0) is 53.8 Å². The Kier molecular flexibility index (Phi) is 8.15. The lowest BCUT2D eigenvalue weighted by Gasteiger charge is -2.14. The van der Waals surface area contributed by atoms with E-state index in [1.807, 2.05) is 41.9 Å². The molecule has 3 rings (SSSR count). The largest absolute Gasteiger partial charge is 0.486 e. The molecule has 3 aromatic rings. The van der Waals surface area contributed by atoms with E-state index in [4.69, 9.17) is 4.74 Å². The Morgan fingerprint density at radius 2 is 1.94 bits per heavy atom. The van der Waals surface area contributed by atoms with E-state index >= 15 is 0 Å². The number of carbonyl (C=O) groups is 1. The quantitative estimate of drug-likeness (QED) is 0.387. The van der Waals surface area contributed by atoms with E-state index in [1.54, 1.807) is 0 Å². The number of halogens is 1. The number of hydrogen-bond donors (Lipinski definition) is 1. The molecule has 164 valence electrons. The lowest BCUT2D eigenvalue weighted by Crippen LogP contribution is -2.16. The summed E-state index contributed by atoms with van der Waals surface area (Å²) >= 11 is 4.84. The van der Waals surface area contributed by atoms with Crippen LogP contribution in [0.3, 0.4) is 0 Å². The molecular weight excluding hydrogens is 476 g/mol. The highest BCUT2D eigenvalue weighted by molar-refractivity contribution is 9.10. The first-order valence-electron chi connectivity index (χ1n) is 10.2. The summed E-state index contributed by atoms with van der Waals surface area (Å²) in [5, 5.41) is 12.1. The maximum atomic E-state index is 12.5. The van der Waals surface area contributed by atoms with Crippen molar-refractivity contribution in [3.8, 4) is 5.75 Å². The highest BCUT2D eigenvalue weighted by atomic mass is 79.9. The van der Waals surface area contributed by atoms with Gasteiger partial charge in [-0.15, -0.1) is 10.2 Å². The van der Waals surface area contributed by atoms with Crippen LogP contribution in [0.5, 0.6) is 5.75 Å². The molecule has 6 nitrogen and oxygen atoms in total. The van der Waals surface area contributed by atoms with Crippen molar-refractivity contribution in [2.24, 2.45) is 7.05 Å². The highest BCUT2D eigenvalue weighted by Crippen LogP contribution is 2.28. The number of amides is 1. The monoisotopic (exact) mass is 502 g/mol. The van der Waals surface area contributed by atoms with E-state index in [0.717, 1.165) is 27.9 Å². The summed E-state index contributed by atoms with van der Waals surface area (Å²) in [5.74, 6) is 1.98. The minimum Gasteiger partial charge on any atom is -0.486 e. The minimum absolute atomic E-state index is 0.0777. The van der Waals surface area contributed by atoms with Gasteiger partial charge in [-0.1, -0.05) is 60.6 Å². The smallest absolute Gasteiger partial charge is 0.234 e. The van der Waals surface area contributed by atoms with Crippen LogP contribution in [0, 0.1) is 0 Å². The molecule has 1 heterocycles. The molecule has 0 aliphatic heterocycles. The predicted octanol–water partition coefficient (Wildman–Crippen LogP) is 5.57. The molecule has 0 saturated heterocycles. The molecule has 0 atom stereocenters. The fourth-order valence-corrected chi connectivity index (χ4v) is 4.12. The summed E-state index contributed by atoms with van der Waals surface area (Å²) in [5.41, 5.74) is 3.20. The third-order valence-electron chi connectivity index (χ3n) is 4.87. The highest BCUT2D eigenvalue weighted by Gasteiger charge is 2.14. The predicted molar refractivity (Wildman–Crippen MR) is 129 cm³/mol. The lowest BCUT2D eigenvalue weighted by atomic mass is 10.0. The van der Waals surface area contributed by atoms with Gasteiger partial charge in [-0.3, -0.25) is 4.79 Å². The second-order valence-electron chi connectivity index (χ2n) is 7.47. The molecule has 0 aliphatic carbocycles. The molecule has 1 amide bonds. The Labute approximate surface area is 195 Å². The van der Waals surface area contributed by atoms with E-state index in [-0.39, 0.29) is 11.7 Å². The van der Waals surface area contributed by atoms with Crippen LogP contribution in [0.4, 0.5) is 5.69 Å². The van der Waals surface area contributed by atoms with Gasteiger partial charge in [0.15, 0.2) is 11.0 Å². The maximum Gasteiger partial charge on any atom is 0.234 e. The van der Waals surface area contributed by atoms with Crippen LogP contribution in [0.1, 0.15) is 43.6 Å². The van der Waals surface area contributed by atoms with E-state index < -0.39 is 0 Å². The first-order valence-corrected chi connectivity index (χ1v) is 12.0. The number of ether oxygens (including phenoxy) is 1. The number of aryl methyl sites for hydroxylation is 1. The standard InChI is InChI=1S/C23H27BrN4O2S/c1-5-16-6-9-18(10-7-16)30-13-21-26-27-23(28(21)4)31-14-22(29)25-20-11-8-17(24)12-19(20)15(2)3/h6-12,15H,5,13-14H2,1-4H3,(H,25,29). The van der Waals surface area contributed by atoms with Crippen molar-refractivity contribution in [3.05, 3.63) is 63.9 Å². The zero-order chi connectivity index (χ0) is 22.4. The zero-order valence-electron chi connectivity index (χ0n) is 18.2. The Hall–Kier alpha value is -2.32. The molecule has 31 heavy (non-hydrogen) atoms. The number of nitrogens with one attached hydrogen (secondary N) is 1. The third kappa shape index (κ3) is 6.33. The summed E-state index contributed by atoms with van der Waals surface area (Å²) < 4.78 is 8.68. The Bertz CT molecular complexity index is 1030. The van der Waals surface area contributed by atoms with Crippen molar-refractivity contribution in [3.63, 3.8) is 0 Å². The van der Waals surface area contributed by atoms with Gasteiger partial charge in [0, 0.05) is 17.2 Å². The van der Waals surface area contributed by atoms with Crippen LogP contribution < -0.4 is 10.1 Å². The number of aromatic nitrogens is 3. The number of rotatable bonds is 9. The van der Waals surface area contributed by atoms with Crippen LogP contribution in [0.25, 0.3) is 0 Å². The minimum atomic E-state index is -0.0777. The van der Waals surface area contributed by atoms with Crippen molar-refractivity contribution in [1.82, 2.24) is 14.8 Å². The topological polar surface area (TPSA) is 69.0 Å². The average molecular weight is 503 g/mol. The summed E-state index contributed by atoms with van der Waals surface area (Å²) in [6.45, 7) is 6.65. The maximum absolute atomic E-state index is 12.5. The molecule has 2 aromatic carbocycles. The molecule has 0 unspecified atom stereocenters. The fraction of sp³-hybridized carbons (Fsp3) is 0.348. The Morgan fingerprint density at radius 3 is 2.61 bits per heavy atom. The van der Waals surface area contributed by atoms with Gasteiger partial charge < -0.3 is 14.6 Å². The van der Waals surface area contributed by atoms with E-state index in [2.05, 4.69) is 64.3 Å². The molecular formula is C23H27BrN4O2S. The van der Waals surface area contributed by atoms with E-state index in [0.29, 0.717) is 23.5 Å². The number of nitrogens with zero attached hydrogens (tertiary/aromatic N) is 3. The molecule has 0 fully saturated rings. The van der Waals surface area contributed by atoms with Gasteiger partial charge in [-0.25, -0.2) is 0 Å². The molecule has 0 spiro atoms. The van der Waals surface area contributed by atoms with Crippen LogP contribution >= 0.6 is 27.7 Å². The Morgan fingerprint density at radius 1 is 1.19 bits per heavy atom. The molecule has 1 N–H and O–H groups in total. The van der Waals surface area contributed by atoms with Crippen molar-refractivity contribution in [2.45, 2.75) is 44.9 Å². The number of anilines is 1. The first kappa shape index (κ1) is 23.3. The number of hydrogen-bond acceptors (Lipinski definition) is 5. The van der Waals surface area contributed by atoms with E-state index in [1.165, 1.54) is 17.3 Å². The lowest BCUT2D eigenvalue weighted by molar-refractivity contribution is -0.113. The number of carbonyl (C=O) groups excluding carboxylic acids is 1. The summed E-state index contributed by atoms with van der Waals surface area (Å²) in [6, 6.07) is 13.9. The van der Waals surface area contributed by atoms with Crippen LogP contribution in [0.2, 0.25) is 0 Å². The van der Waals surface area contributed by atoms with Crippen molar-refractivity contribution < 1.29 is 9.53 Å². The van der Waals surface area contributed by atoms with Gasteiger partial charge in [0.1, 0.15) is 12.4 Å². The molecule has 0 radical (unpaired) electrons. The van der Waals surface area contributed by atoms with Crippen molar-refractivity contribution >= 4 is 39.3 Å². The molecule has 8 heteroatoms. The van der Waals surface area contributed by atoms with Crippen LogP contribution in [-0.4, -0.2) is 26.4 Å². The molecule has 1 aromatic heterocycles. The summed E-state index contributed by atoms with van der Waals surface area (Å²) in [4.78, 5) is 12.5. The van der Waals surface area contributed by atoms with Gasteiger partial charge in [0.05, 0.1) is 5.75 Å². The second kappa shape index (κ2) is 10.8. The second-order valence-corrected chi connectivity index (χ2v) is 9.33. The van der Waals surface area contributed by atoms with Crippen molar-refractivity contribution in [2.75, 3.05) is 11.1 Å².